The molecule has 0 aliphatic heterocycles. The molecule has 2 rings (SSSR count). The highest BCUT2D eigenvalue weighted by atomic mass is 16.1. The molecular weight excluding hydrogens is 240 g/mol. The van der Waals surface area contributed by atoms with Crippen molar-refractivity contribution < 1.29 is 4.79 Å². The van der Waals surface area contributed by atoms with E-state index in [4.69, 9.17) is 5.73 Å². The van der Waals surface area contributed by atoms with Crippen molar-refractivity contribution in [3.05, 3.63) is 53.3 Å². The second kappa shape index (κ2) is 6.15. The number of H-pyrrole nitrogens is 1. The highest BCUT2D eigenvalue weighted by Crippen LogP contribution is 2.14. The summed E-state index contributed by atoms with van der Waals surface area (Å²) < 4.78 is 0. The first-order valence-electron chi connectivity index (χ1n) is 6.24. The van der Waals surface area contributed by atoms with Gasteiger partial charge in [-0.2, -0.15) is 5.10 Å². The second-order valence-corrected chi connectivity index (χ2v) is 4.44. The zero-order chi connectivity index (χ0) is 13.7. The topological polar surface area (TPSA) is 83.8 Å². The second-order valence-electron chi connectivity index (χ2n) is 4.44. The number of hydrogen-bond donors (Lipinski definition) is 3. The minimum Gasteiger partial charge on any atom is -0.351 e. The number of rotatable bonds is 5. The van der Waals surface area contributed by atoms with E-state index in [0.717, 1.165) is 16.8 Å². The molecule has 0 radical (unpaired) electrons. The Kier molecular flexibility index (Phi) is 4.30. The van der Waals surface area contributed by atoms with Gasteiger partial charge in [0.05, 0.1) is 12.1 Å². The first kappa shape index (κ1) is 13.3. The maximum Gasteiger partial charge on any atom is 0.229 e. The molecule has 1 heterocycles. The van der Waals surface area contributed by atoms with E-state index < -0.39 is 0 Å². The third-order valence-corrected chi connectivity index (χ3v) is 3.14. The highest BCUT2D eigenvalue weighted by Gasteiger charge is 2.18. The normalized spacial score (nSPS) is 12.1. The fourth-order valence-electron chi connectivity index (χ4n) is 1.94. The van der Waals surface area contributed by atoms with E-state index in [2.05, 4.69) is 15.5 Å². The summed E-state index contributed by atoms with van der Waals surface area (Å²) >= 11 is 0. The summed E-state index contributed by atoms with van der Waals surface area (Å²) in [4.78, 5) is 12.2. The molecule has 0 saturated heterocycles. The molecule has 0 spiro atoms. The molecule has 0 fully saturated rings. The summed E-state index contributed by atoms with van der Waals surface area (Å²) in [6, 6.07) is 9.57. The molecule has 1 aromatic heterocycles. The Hall–Kier alpha value is -2.14. The van der Waals surface area contributed by atoms with Crippen molar-refractivity contribution in [2.45, 2.75) is 19.4 Å². The Labute approximate surface area is 112 Å². The van der Waals surface area contributed by atoms with Crippen LogP contribution >= 0.6 is 0 Å². The van der Waals surface area contributed by atoms with Crippen LogP contribution in [-0.4, -0.2) is 22.6 Å². The van der Waals surface area contributed by atoms with Crippen LogP contribution < -0.4 is 11.1 Å². The lowest BCUT2D eigenvalue weighted by molar-refractivity contribution is -0.122. The van der Waals surface area contributed by atoms with Gasteiger partial charge in [0.2, 0.25) is 5.91 Å². The molecule has 0 saturated carbocycles. The van der Waals surface area contributed by atoms with Crippen LogP contribution in [0.15, 0.2) is 36.5 Å². The van der Waals surface area contributed by atoms with Crippen molar-refractivity contribution in [1.29, 1.82) is 0 Å². The van der Waals surface area contributed by atoms with Crippen LogP contribution in [0.1, 0.15) is 22.7 Å². The lowest BCUT2D eigenvalue weighted by atomic mass is 9.98. The molecule has 5 nitrogen and oxygen atoms in total. The zero-order valence-corrected chi connectivity index (χ0v) is 10.9. The predicted molar refractivity (Wildman–Crippen MR) is 73.4 cm³/mol. The van der Waals surface area contributed by atoms with Gasteiger partial charge in [0.1, 0.15) is 0 Å². The third-order valence-electron chi connectivity index (χ3n) is 3.14. The van der Waals surface area contributed by atoms with Crippen LogP contribution in [0.5, 0.6) is 0 Å². The lowest BCUT2D eigenvalue weighted by Gasteiger charge is -2.15. The average molecular weight is 258 g/mol. The Bertz CT molecular complexity index is 535. The average Bonchev–Trinajstić information content (AvgIpc) is 2.84. The monoisotopic (exact) mass is 258 g/mol. The zero-order valence-electron chi connectivity index (χ0n) is 10.9. The molecule has 1 aromatic carbocycles. The number of nitrogens with two attached hydrogens (primary N) is 1. The van der Waals surface area contributed by atoms with E-state index in [9.17, 15) is 4.79 Å². The number of carbonyl (C=O) groups is 1. The van der Waals surface area contributed by atoms with Crippen LogP contribution in [0.25, 0.3) is 0 Å². The van der Waals surface area contributed by atoms with Crippen molar-refractivity contribution >= 4 is 5.91 Å². The predicted octanol–water partition coefficient (Wildman–Crippen LogP) is 1.08. The van der Waals surface area contributed by atoms with Crippen LogP contribution in [0.2, 0.25) is 0 Å². The summed E-state index contributed by atoms with van der Waals surface area (Å²) in [5.41, 5.74) is 8.59. The molecule has 4 N–H and O–H groups in total. The SMILES string of the molecule is Cc1[nH]ncc1CNC(=O)C(CN)c1ccccc1. The Morgan fingerprint density at radius 3 is 2.74 bits per heavy atom. The maximum atomic E-state index is 12.2. The molecular formula is C14H18N4O. The van der Waals surface area contributed by atoms with Crippen LogP contribution in [0.4, 0.5) is 0 Å². The molecule has 1 atom stereocenters. The van der Waals surface area contributed by atoms with E-state index in [0.29, 0.717) is 13.1 Å². The van der Waals surface area contributed by atoms with E-state index in [1.807, 2.05) is 37.3 Å². The van der Waals surface area contributed by atoms with Gasteiger partial charge in [-0.1, -0.05) is 30.3 Å². The van der Waals surface area contributed by atoms with E-state index >= 15 is 0 Å². The maximum absolute atomic E-state index is 12.2. The van der Waals surface area contributed by atoms with Gasteiger partial charge < -0.3 is 11.1 Å². The molecule has 1 amide bonds. The lowest BCUT2D eigenvalue weighted by Crippen LogP contribution is -2.33. The van der Waals surface area contributed by atoms with Gasteiger partial charge in [-0.25, -0.2) is 0 Å². The van der Waals surface area contributed by atoms with E-state index in [-0.39, 0.29) is 11.8 Å². The number of aryl methyl sites for hydroxylation is 1. The summed E-state index contributed by atoms with van der Waals surface area (Å²) in [5.74, 6) is -0.372. The summed E-state index contributed by atoms with van der Waals surface area (Å²) in [6.45, 7) is 2.68. The van der Waals surface area contributed by atoms with E-state index in [1.54, 1.807) is 6.20 Å². The number of carbonyl (C=O) groups excluding carboxylic acids is 1. The third kappa shape index (κ3) is 3.20. The Morgan fingerprint density at radius 1 is 1.42 bits per heavy atom. The van der Waals surface area contributed by atoms with Crippen molar-refractivity contribution in [1.82, 2.24) is 15.5 Å². The number of benzene rings is 1. The number of nitrogens with zero attached hydrogens (tertiary/aromatic N) is 1. The summed E-state index contributed by atoms with van der Waals surface area (Å²) in [6.07, 6.45) is 1.72. The van der Waals surface area contributed by atoms with Gasteiger partial charge in [0.25, 0.3) is 0 Å². The standard InChI is InChI=1S/C14H18N4O/c1-10-12(9-17-18-10)8-16-14(19)13(7-15)11-5-3-2-4-6-11/h2-6,9,13H,7-8,15H2,1H3,(H,16,19)(H,17,18). The van der Waals surface area contributed by atoms with Gasteiger partial charge >= 0.3 is 0 Å². The van der Waals surface area contributed by atoms with Gasteiger partial charge in [-0.15, -0.1) is 0 Å². The summed E-state index contributed by atoms with van der Waals surface area (Å²) in [5, 5.41) is 9.66. The molecule has 1 unspecified atom stereocenters. The number of aromatic nitrogens is 2. The summed E-state index contributed by atoms with van der Waals surface area (Å²) in [7, 11) is 0. The molecule has 2 aromatic rings. The largest absolute Gasteiger partial charge is 0.351 e. The van der Waals surface area contributed by atoms with Crippen LogP contribution in [-0.2, 0) is 11.3 Å². The van der Waals surface area contributed by atoms with Gasteiger partial charge in [-0.3, -0.25) is 9.89 Å². The van der Waals surface area contributed by atoms with Crippen molar-refractivity contribution in [3.63, 3.8) is 0 Å². The number of amides is 1. The molecule has 100 valence electrons. The first-order valence-corrected chi connectivity index (χ1v) is 6.24. The highest BCUT2D eigenvalue weighted by molar-refractivity contribution is 5.83. The molecule has 0 bridgehead atoms. The number of hydrogen-bond acceptors (Lipinski definition) is 3. The first-order chi connectivity index (χ1) is 9.22. The molecule has 0 aliphatic rings. The molecule has 5 heteroatoms. The van der Waals surface area contributed by atoms with E-state index in [1.165, 1.54) is 0 Å². The minimum atomic E-state index is -0.312. The molecule has 19 heavy (non-hydrogen) atoms. The van der Waals surface area contributed by atoms with Crippen molar-refractivity contribution in [2.75, 3.05) is 6.54 Å². The Balaban J connectivity index is 2.00. The quantitative estimate of drug-likeness (QED) is 0.750. The fraction of sp³-hybridized carbons (Fsp3) is 0.286. The number of nitrogens with one attached hydrogen (secondary N) is 2. The van der Waals surface area contributed by atoms with Crippen LogP contribution in [0, 0.1) is 6.92 Å². The fourth-order valence-corrected chi connectivity index (χ4v) is 1.94. The minimum absolute atomic E-state index is 0.0608. The van der Waals surface area contributed by atoms with Gasteiger partial charge in [0, 0.05) is 24.3 Å². The van der Waals surface area contributed by atoms with Crippen molar-refractivity contribution in [2.24, 2.45) is 5.73 Å². The van der Waals surface area contributed by atoms with Gasteiger partial charge in [-0.05, 0) is 12.5 Å². The van der Waals surface area contributed by atoms with Crippen LogP contribution in [0.3, 0.4) is 0 Å². The molecule has 0 aliphatic carbocycles. The smallest absolute Gasteiger partial charge is 0.229 e. The van der Waals surface area contributed by atoms with Crippen molar-refractivity contribution in [3.8, 4) is 0 Å². The Morgan fingerprint density at radius 2 is 2.16 bits per heavy atom. The number of aromatic amines is 1. The van der Waals surface area contributed by atoms with Gasteiger partial charge in [0.15, 0.2) is 0 Å².